The summed E-state index contributed by atoms with van der Waals surface area (Å²) in [4.78, 5) is 16.1. The number of carbonyl (C=O) groups is 1. The van der Waals surface area contributed by atoms with E-state index in [9.17, 15) is 4.79 Å². The largest absolute Gasteiger partial charge is 0.352 e. The Hall–Kier alpha value is -1.87. The molecule has 0 aliphatic rings. The Morgan fingerprint density at radius 2 is 2.00 bits per heavy atom. The minimum atomic E-state index is -0.109. The van der Waals surface area contributed by atoms with E-state index in [2.05, 4.69) is 29.4 Å². The normalized spacial score (nSPS) is 12.0. The van der Waals surface area contributed by atoms with Gasteiger partial charge in [-0.3, -0.25) is 4.79 Å². The molecule has 2 aromatic rings. The molecule has 2 rings (SSSR count). The lowest BCUT2D eigenvalue weighted by atomic mass is 9.98. The van der Waals surface area contributed by atoms with E-state index in [-0.39, 0.29) is 5.91 Å². The molecule has 1 heterocycles. The second-order valence-corrected chi connectivity index (χ2v) is 5.56. The Balaban J connectivity index is 1.87. The molecule has 0 fully saturated rings. The minimum Gasteiger partial charge on any atom is -0.352 e. The van der Waals surface area contributed by atoms with Crippen molar-refractivity contribution < 1.29 is 4.79 Å². The fourth-order valence-electron chi connectivity index (χ4n) is 2.21. The monoisotopic (exact) mass is 302 g/mol. The summed E-state index contributed by atoms with van der Waals surface area (Å²) in [5.74, 6) is 0.303. The first-order valence-electron chi connectivity index (χ1n) is 7.03. The van der Waals surface area contributed by atoms with Crippen molar-refractivity contribution in [3.8, 4) is 0 Å². The summed E-state index contributed by atoms with van der Waals surface area (Å²) in [6.07, 6.45) is 0.896. The zero-order chi connectivity index (χ0) is 15.2. The first kappa shape index (κ1) is 15.5. The van der Waals surface area contributed by atoms with Gasteiger partial charge in [-0.2, -0.15) is 0 Å². The molecule has 1 N–H and O–H groups in total. The maximum atomic E-state index is 12.1. The molecule has 0 aliphatic heterocycles. The van der Waals surface area contributed by atoms with Crippen molar-refractivity contribution in [2.75, 3.05) is 6.54 Å². The maximum Gasteiger partial charge on any atom is 0.251 e. The van der Waals surface area contributed by atoms with Crippen LogP contribution in [0.25, 0.3) is 0 Å². The highest BCUT2D eigenvalue weighted by molar-refractivity contribution is 6.29. The number of halogens is 1. The van der Waals surface area contributed by atoms with Gasteiger partial charge in [-0.1, -0.05) is 48.9 Å². The molecule has 0 bridgehead atoms. The average molecular weight is 303 g/mol. The summed E-state index contributed by atoms with van der Waals surface area (Å²) >= 11 is 5.87. The van der Waals surface area contributed by atoms with E-state index < -0.39 is 0 Å². The standard InChI is InChI=1S/C17H19ClN2O/c1-12(14-6-4-3-5-7-14)8-9-19-17(21)15-10-13(2)20-16(18)11-15/h3-7,10-12H,8-9H2,1-2H3,(H,19,21). The molecule has 3 nitrogen and oxygen atoms in total. The summed E-state index contributed by atoms with van der Waals surface area (Å²) in [6.45, 7) is 4.61. The number of benzene rings is 1. The van der Waals surface area contributed by atoms with Crippen molar-refractivity contribution in [2.45, 2.75) is 26.2 Å². The number of amides is 1. The smallest absolute Gasteiger partial charge is 0.251 e. The molecule has 0 aliphatic carbocycles. The molecule has 0 saturated heterocycles. The highest BCUT2D eigenvalue weighted by atomic mass is 35.5. The summed E-state index contributed by atoms with van der Waals surface area (Å²) in [5.41, 5.74) is 2.58. The highest BCUT2D eigenvalue weighted by Gasteiger charge is 2.09. The van der Waals surface area contributed by atoms with Crippen LogP contribution in [0.1, 0.15) is 40.9 Å². The van der Waals surface area contributed by atoms with Crippen molar-refractivity contribution in [3.05, 3.63) is 64.4 Å². The third-order valence-corrected chi connectivity index (χ3v) is 3.61. The SMILES string of the molecule is Cc1cc(C(=O)NCCC(C)c2ccccc2)cc(Cl)n1. The number of aryl methyl sites for hydroxylation is 1. The van der Waals surface area contributed by atoms with E-state index in [4.69, 9.17) is 11.6 Å². The van der Waals surface area contributed by atoms with Crippen LogP contribution in [0.4, 0.5) is 0 Å². The lowest BCUT2D eigenvalue weighted by Gasteiger charge is -2.12. The average Bonchev–Trinajstić information content (AvgIpc) is 2.47. The molecule has 0 saturated carbocycles. The number of hydrogen-bond acceptors (Lipinski definition) is 2. The van der Waals surface area contributed by atoms with Gasteiger partial charge in [-0.15, -0.1) is 0 Å². The van der Waals surface area contributed by atoms with Gasteiger partial charge in [0.15, 0.2) is 0 Å². The molecule has 1 unspecified atom stereocenters. The Morgan fingerprint density at radius 1 is 1.29 bits per heavy atom. The molecule has 1 amide bonds. The second kappa shape index (κ2) is 7.23. The van der Waals surface area contributed by atoms with Gasteiger partial charge < -0.3 is 5.32 Å². The summed E-state index contributed by atoms with van der Waals surface area (Å²) in [6, 6.07) is 13.6. The molecule has 0 spiro atoms. The summed E-state index contributed by atoms with van der Waals surface area (Å²) in [5, 5.41) is 3.27. The topological polar surface area (TPSA) is 42.0 Å². The van der Waals surface area contributed by atoms with Crippen LogP contribution >= 0.6 is 11.6 Å². The van der Waals surface area contributed by atoms with Gasteiger partial charge in [0, 0.05) is 17.8 Å². The number of rotatable bonds is 5. The maximum absolute atomic E-state index is 12.1. The second-order valence-electron chi connectivity index (χ2n) is 5.18. The van der Waals surface area contributed by atoms with E-state index >= 15 is 0 Å². The fraction of sp³-hybridized carbons (Fsp3) is 0.294. The quantitative estimate of drug-likeness (QED) is 0.849. The van der Waals surface area contributed by atoms with Gasteiger partial charge in [0.1, 0.15) is 5.15 Å². The molecular formula is C17H19ClN2O. The van der Waals surface area contributed by atoms with Crippen LogP contribution in [0.3, 0.4) is 0 Å². The van der Waals surface area contributed by atoms with Crippen molar-refractivity contribution in [1.82, 2.24) is 10.3 Å². The van der Waals surface area contributed by atoms with Crippen molar-refractivity contribution in [1.29, 1.82) is 0 Å². The van der Waals surface area contributed by atoms with Gasteiger partial charge in [0.05, 0.1) is 0 Å². The Bertz CT molecular complexity index is 593. The van der Waals surface area contributed by atoms with Crippen LogP contribution in [0, 0.1) is 6.92 Å². The van der Waals surface area contributed by atoms with Crippen LogP contribution in [0.2, 0.25) is 5.15 Å². The van der Waals surface area contributed by atoms with E-state index in [1.165, 1.54) is 5.56 Å². The predicted molar refractivity (Wildman–Crippen MR) is 85.8 cm³/mol. The third-order valence-electron chi connectivity index (χ3n) is 3.42. The zero-order valence-electron chi connectivity index (χ0n) is 12.3. The van der Waals surface area contributed by atoms with Crippen LogP contribution in [0.15, 0.2) is 42.5 Å². The zero-order valence-corrected chi connectivity index (χ0v) is 13.0. The van der Waals surface area contributed by atoms with Gasteiger partial charge in [0.25, 0.3) is 5.91 Å². The molecular weight excluding hydrogens is 284 g/mol. The highest BCUT2D eigenvalue weighted by Crippen LogP contribution is 2.17. The summed E-state index contributed by atoms with van der Waals surface area (Å²) in [7, 11) is 0. The third kappa shape index (κ3) is 4.57. The number of aromatic nitrogens is 1. The predicted octanol–water partition coefficient (Wildman–Crippen LogP) is 3.97. The van der Waals surface area contributed by atoms with Gasteiger partial charge in [-0.25, -0.2) is 4.98 Å². The minimum absolute atomic E-state index is 0.109. The first-order valence-corrected chi connectivity index (χ1v) is 7.41. The van der Waals surface area contributed by atoms with Gasteiger partial charge in [0.2, 0.25) is 0 Å². The molecule has 0 radical (unpaired) electrons. The number of nitrogens with one attached hydrogen (secondary N) is 1. The van der Waals surface area contributed by atoms with Gasteiger partial charge in [-0.05, 0) is 37.0 Å². The number of hydrogen-bond donors (Lipinski definition) is 1. The van der Waals surface area contributed by atoms with Crippen LogP contribution in [-0.2, 0) is 0 Å². The first-order chi connectivity index (χ1) is 10.1. The lowest BCUT2D eigenvalue weighted by Crippen LogP contribution is -2.25. The van der Waals surface area contributed by atoms with Crippen molar-refractivity contribution in [3.63, 3.8) is 0 Å². The Kier molecular flexibility index (Phi) is 5.34. The molecule has 1 aromatic carbocycles. The van der Waals surface area contributed by atoms with Crippen molar-refractivity contribution in [2.24, 2.45) is 0 Å². The molecule has 4 heteroatoms. The molecule has 21 heavy (non-hydrogen) atoms. The van der Waals surface area contributed by atoms with E-state index in [1.807, 2.05) is 25.1 Å². The van der Waals surface area contributed by atoms with Crippen LogP contribution in [0.5, 0.6) is 0 Å². The Morgan fingerprint density at radius 3 is 2.67 bits per heavy atom. The number of pyridine rings is 1. The fourth-order valence-corrected chi connectivity index (χ4v) is 2.46. The Labute approximate surface area is 130 Å². The van der Waals surface area contributed by atoms with E-state index in [0.717, 1.165) is 12.1 Å². The van der Waals surface area contributed by atoms with Crippen molar-refractivity contribution >= 4 is 17.5 Å². The van der Waals surface area contributed by atoms with Gasteiger partial charge >= 0.3 is 0 Å². The van der Waals surface area contributed by atoms with E-state index in [0.29, 0.717) is 23.2 Å². The number of nitrogens with zero attached hydrogens (tertiary/aromatic N) is 1. The van der Waals surface area contributed by atoms with Crippen LogP contribution < -0.4 is 5.32 Å². The van der Waals surface area contributed by atoms with Crippen LogP contribution in [-0.4, -0.2) is 17.4 Å². The summed E-state index contributed by atoms with van der Waals surface area (Å²) < 4.78 is 0. The lowest BCUT2D eigenvalue weighted by molar-refractivity contribution is 0.0952. The van der Waals surface area contributed by atoms with E-state index in [1.54, 1.807) is 12.1 Å². The number of carbonyl (C=O) groups excluding carboxylic acids is 1. The molecule has 1 aromatic heterocycles. The molecule has 1 atom stereocenters. The molecule has 110 valence electrons.